The molecule has 1 fully saturated rings. The molecule has 116 valence electrons. The SMILES string of the molecule is Cc1cc(C(=O)NCC2CCNCC2)nn1-c1ccccc1. The molecule has 1 amide bonds. The molecule has 0 spiro atoms. The number of carbonyl (C=O) groups excluding carboxylic acids is 1. The summed E-state index contributed by atoms with van der Waals surface area (Å²) in [5, 5.41) is 10.8. The van der Waals surface area contributed by atoms with Crippen LogP contribution in [0.25, 0.3) is 5.69 Å². The van der Waals surface area contributed by atoms with Crippen molar-refractivity contribution >= 4 is 5.91 Å². The summed E-state index contributed by atoms with van der Waals surface area (Å²) in [5.74, 6) is 0.485. The highest BCUT2D eigenvalue weighted by atomic mass is 16.1. The third-order valence-electron chi connectivity index (χ3n) is 4.13. The van der Waals surface area contributed by atoms with Gasteiger partial charge < -0.3 is 10.6 Å². The van der Waals surface area contributed by atoms with E-state index in [1.165, 1.54) is 0 Å². The highest BCUT2D eigenvalue weighted by molar-refractivity contribution is 5.92. The molecular weight excluding hydrogens is 276 g/mol. The van der Waals surface area contributed by atoms with Gasteiger partial charge in [0.15, 0.2) is 5.69 Å². The van der Waals surface area contributed by atoms with Crippen molar-refractivity contribution in [1.82, 2.24) is 20.4 Å². The summed E-state index contributed by atoms with van der Waals surface area (Å²) in [6.45, 7) is 4.78. The normalized spacial score (nSPS) is 15.7. The first-order valence-electron chi connectivity index (χ1n) is 7.85. The Morgan fingerprint density at radius 1 is 1.32 bits per heavy atom. The van der Waals surface area contributed by atoms with Crippen molar-refractivity contribution in [1.29, 1.82) is 0 Å². The topological polar surface area (TPSA) is 59.0 Å². The lowest BCUT2D eigenvalue weighted by molar-refractivity contribution is 0.0939. The lowest BCUT2D eigenvalue weighted by Crippen LogP contribution is -2.36. The Balaban J connectivity index is 1.66. The van der Waals surface area contributed by atoms with Crippen LogP contribution in [0.1, 0.15) is 29.0 Å². The number of nitrogens with one attached hydrogen (secondary N) is 2. The van der Waals surface area contributed by atoms with Crippen molar-refractivity contribution in [2.75, 3.05) is 19.6 Å². The molecule has 22 heavy (non-hydrogen) atoms. The molecule has 0 saturated carbocycles. The number of aryl methyl sites for hydroxylation is 1. The number of para-hydroxylation sites is 1. The monoisotopic (exact) mass is 298 g/mol. The number of carbonyl (C=O) groups is 1. The minimum atomic E-state index is -0.0867. The maximum absolute atomic E-state index is 12.3. The number of hydrogen-bond donors (Lipinski definition) is 2. The fourth-order valence-corrected chi connectivity index (χ4v) is 2.83. The van der Waals surface area contributed by atoms with Gasteiger partial charge in [-0.25, -0.2) is 4.68 Å². The summed E-state index contributed by atoms with van der Waals surface area (Å²) in [6.07, 6.45) is 2.25. The minimum Gasteiger partial charge on any atom is -0.350 e. The van der Waals surface area contributed by atoms with Crippen LogP contribution in [0.5, 0.6) is 0 Å². The van der Waals surface area contributed by atoms with Crippen LogP contribution in [0.2, 0.25) is 0 Å². The lowest BCUT2D eigenvalue weighted by Gasteiger charge is -2.22. The van der Waals surface area contributed by atoms with E-state index in [2.05, 4.69) is 15.7 Å². The molecule has 0 unspecified atom stereocenters. The largest absolute Gasteiger partial charge is 0.350 e. The Labute approximate surface area is 130 Å². The summed E-state index contributed by atoms with van der Waals surface area (Å²) >= 11 is 0. The smallest absolute Gasteiger partial charge is 0.271 e. The zero-order valence-corrected chi connectivity index (χ0v) is 12.9. The molecule has 1 aliphatic heterocycles. The third kappa shape index (κ3) is 3.36. The van der Waals surface area contributed by atoms with Crippen molar-refractivity contribution in [3.63, 3.8) is 0 Å². The summed E-state index contributed by atoms with van der Waals surface area (Å²) < 4.78 is 1.81. The van der Waals surface area contributed by atoms with Gasteiger partial charge in [0.25, 0.3) is 5.91 Å². The Hall–Kier alpha value is -2.14. The average molecular weight is 298 g/mol. The predicted octanol–water partition coefficient (Wildman–Crippen LogP) is 1.91. The van der Waals surface area contributed by atoms with Gasteiger partial charge in [0, 0.05) is 12.2 Å². The van der Waals surface area contributed by atoms with Gasteiger partial charge in [-0.05, 0) is 57.0 Å². The first-order valence-corrected chi connectivity index (χ1v) is 7.85. The molecule has 0 atom stereocenters. The fourth-order valence-electron chi connectivity index (χ4n) is 2.83. The lowest BCUT2D eigenvalue weighted by atomic mass is 9.98. The first-order chi connectivity index (χ1) is 10.7. The highest BCUT2D eigenvalue weighted by Gasteiger charge is 2.17. The van der Waals surface area contributed by atoms with Gasteiger partial charge in [-0.3, -0.25) is 4.79 Å². The van der Waals surface area contributed by atoms with Crippen LogP contribution >= 0.6 is 0 Å². The molecule has 5 nitrogen and oxygen atoms in total. The average Bonchev–Trinajstić information content (AvgIpc) is 2.96. The third-order valence-corrected chi connectivity index (χ3v) is 4.13. The number of benzene rings is 1. The van der Waals surface area contributed by atoms with Crippen LogP contribution < -0.4 is 10.6 Å². The molecule has 2 aromatic rings. The van der Waals surface area contributed by atoms with Crippen LogP contribution in [-0.2, 0) is 0 Å². The standard InChI is InChI=1S/C17H22N4O/c1-13-11-16(20-21(13)15-5-3-2-4-6-15)17(22)19-12-14-7-9-18-10-8-14/h2-6,11,14,18H,7-10,12H2,1H3,(H,19,22). The molecule has 1 aliphatic rings. The van der Waals surface area contributed by atoms with E-state index in [1.54, 1.807) is 4.68 Å². The van der Waals surface area contributed by atoms with E-state index in [1.807, 2.05) is 43.3 Å². The molecular formula is C17H22N4O. The Morgan fingerprint density at radius 3 is 2.77 bits per heavy atom. The van der Waals surface area contributed by atoms with E-state index in [-0.39, 0.29) is 5.91 Å². The quantitative estimate of drug-likeness (QED) is 0.906. The van der Waals surface area contributed by atoms with Crippen LogP contribution in [0.3, 0.4) is 0 Å². The molecule has 1 saturated heterocycles. The first kappa shape index (κ1) is 14.8. The van der Waals surface area contributed by atoms with Gasteiger partial charge in [-0.1, -0.05) is 18.2 Å². The predicted molar refractivity (Wildman–Crippen MR) is 86.2 cm³/mol. The highest BCUT2D eigenvalue weighted by Crippen LogP contribution is 2.13. The number of amides is 1. The zero-order valence-electron chi connectivity index (χ0n) is 12.9. The maximum atomic E-state index is 12.3. The number of nitrogens with zero attached hydrogens (tertiary/aromatic N) is 2. The van der Waals surface area contributed by atoms with Gasteiger partial charge in [0.1, 0.15) is 0 Å². The van der Waals surface area contributed by atoms with Gasteiger partial charge in [0.05, 0.1) is 5.69 Å². The zero-order chi connectivity index (χ0) is 15.4. The summed E-state index contributed by atoms with van der Waals surface area (Å²) in [4.78, 5) is 12.3. The van der Waals surface area contributed by atoms with E-state index in [9.17, 15) is 4.79 Å². The summed E-state index contributed by atoms with van der Waals surface area (Å²) in [6, 6.07) is 11.7. The minimum absolute atomic E-state index is 0.0867. The second kappa shape index (κ2) is 6.75. The van der Waals surface area contributed by atoms with E-state index >= 15 is 0 Å². The Bertz CT molecular complexity index is 629. The van der Waals surface area contributed by atoms with E-state index in [0.717, 1.165) is 43.9 Å². The molecule has 2 N–H and O–H groups in total. The van der Waals surface area contributed by atoms with Gasteiger partial charge in [-0.2, -0.15) is 5.10 Å². The second-order valence-electron chi connectivity index (χ2n) is 5.82. The molecule has 2 heterocycles. The van der Waals surface area contributed by atoms with Crippen LogP contribution in [-0.4, -0.2) is 35.3 Å². The number of piperidine rings is 1. The molecule has 3 rings (SSSR count). The van der Waals surface area contributed by atoms with Crippen molar-refractivity contribution in [2.24, 2.45) is 5.92 Å². The van der Waals surface area contributed by atoms with Gasteiger partial charge >= 0.3 is 0 Å². The van der Waals surface area contributed by atoms with Crippen molar-refractivity contribution < 1.29 is 4.79 Å². The maximum Gasteiger partial charge on any atom is 0.271 e. The van der Waals surface area contributed by atoms with Crippen molar-refractivity contribution in [3.05, 3.63) is 47.8 Å². The molecule has 5 heteroatoms. The van der Waals surface area contributed by atoms with Gasteiger partial charge in [0.2, 0.25) is 0 Å². The molecule has 0 bridgehead atoms. The van der Waals surface area contributed by atoms with Crippen LogP contribution in [0.15, 0.2) is 36.4 Å². The van der Waals surface area contributed by atoms with E-state index in [0.29, 0.717) is 11.6 Å². The van der Waals surface area contributed by atoms with E-state index in [4.69, 9.17) is 0 Å². The molecule has 1 aromatic heterocycles. The molecule has 0 aliphatic carbocycles. The second-order valence-corrected chi connectivity index (χ2v) is 5.82. The van der Waals surface area contributed by atoms with Crippen molar-refractivity contribution in [2.45, 2.75) is 19.8 Å². The Kier molecular flexibility index (Phi) is 4.53. The summed E-state index contributed by atoms with van der Waals surface area (Å²) in [7, 11) is 0. The number of aromatic nitrogens is 2. The van der Waals surface area contributed by atoms with Crippen molar-refractivity contribution in [3.8, 4) is 5.69 Å². The number of rotatable bonds is 4. The number of hydrogen-bond acceptors (Lipinski definition) is 3. The summed E-state index contributed by atoms with van der Waals surface area (Å²) in [5.41, 5.74) is 2.41. The Morgan fingerprint density at radius 2 is 2.05 bits per heavy atom. The fraction of sp³-hybridized carbons (Fsp3) is 0.412. The van der Waals surface area contributed by atoms with E-state index < -0.39 is 0 Å². The van der Waals surface area contributed by atoms with Crippen LogP contribution in [0, 0.1) is 12.8 Å². The van der Waals surface area contributed by atoms with Gasteiger partial charge in [-0.15, -0.1) is 0 Å². The molecule has 0 radical (unpaired) electrons. The molecule has 1 aromatic carbocycles. The van der Waals surface area contributed by atoms with Crippen LogP contribution in [0.4, 0.5) is 0 Å².